The van der Waals surface area contributed by atoms with E-state index in [9.17, 15) is 26.7 Å². The summed E-state index contributed by atoms with van der Waals surface area (Å²) >= 11 is 0. The van der Waals surface area contributed by atoms with Gasteiger partial charge in [0.2, 0.25) is 5.89 Å². The van der Waals surface area contributed by atoms with E-state index < -0.39 is 29.3 Å². The highest BCUT2D eigenvalue weighted by atomic mass is 19.4. The van der Waals surface area contributed by atoms with Gasteiger partial charge in [-0.2, -0.15) is 13.2 Å². The number of morpholine rings is 1. The van der Waals surface area contributed by atoms with E-state index >= 15 is 0 Å². The number of rotatable bonds is 10. The van der Waals surface area contributed by atoms with Crippen molar-refractivity contribution in [2.75, 3.05) is 39.4 Å². The molecule has 0 atom stereocenters. The van der Waals surface area contributed by atoms with Crippen molar-refractivity contribution in [1.29, 1.82) is 0 Å². The molecule has 0 aliphatic carbocycles. The highest BCUT2D eigenvalue weighted by molar-refractivity contribution is 5.91. The predicted molar refractivity (Wildman–Crippen MR) is 127 cm³/mol. The van der Waals surface area contributed by atoms with Crippen molar-refractivity contribution in [2.45, 2.75) is 25.8 Å². The summed E-state index contributed by atoms with van der Waals surface area (Å²) in [4.78, 5) is 20.5. The minimum Gasteiger partial charge on any atom is -0.447 e. The summed E-state index contributed by atoms with van der Waals surface area (Å²) in [6.07, 6.45) is -3.32. The van der Waals surface area contributed by atoms with Crippen LogP contribution in [0.2, 0.25) is 0 Å². The lowest BCUT2D eigenvalue weighted by Crippen LogP contribution is -2.41. The summed E-state index contributed by atoms with van der Waals surface area (Å²) in [5.74, 6) is -1.83. The van der Waals surface area contributed by atoms with Crippen LogP contribution in [0.15, 0.2) is 53.1 Å². The van der Waals surface area contributed by atoms with Gasteiger partial charge in [0.25, 0.3) is 5.91 Å². The van der Waals surface area contributed by atoms with Gasteiger partial charge in [0.05, 0.1) is 25.3 Å². The summed E-state index contributed by atoms with van der Waals surface area (Å²) in [6, 6.07) is 7.90. The second kappa shape index (κ2) is 12.5. The summed E-state index contributed by atoms with van der Waals surface area (Å²) in [5, 5.41) is 2.78. The van der Waals surface area contributed by atoms with Gasteiger partial charge < -0.3 is 14.5 Å². The molecule has 1 aliphatic rings. The second-order valence-corrected chi connectivity index (χ2v) is 8.92. The van der Waals surface area contributed by atoms with Gasteiger partial charge in [-0.05, 0) is 17.7 Å². The van der Waals surface area contributed by atoms with Crippen LogP contribution in [0.5, 0.6) is 0 Å². The van der Waals surface area contributed by atoms with Crippen molar-refractivity contribution in [3.05, 3.63) is 88.6 Å². The predicted octanol–water partition coefficient (Wildman–Crippen LogP) is 4.24. The van der Waals surface area contributed by atoms with E-state index in [0.29, 0.717) is 31.9 Å². The zero-order chi connectivity index (χ0) is 27.1. The van der Waals surface area contributed by atoms with Crippen LogP contribution in [0, 0.1) is 11.6 Å². The maximum Gasteiger partial charge on any atom is 0.416 e. The Hall–Kier alpha value is -3.35. The summed E-state index contributed by atoms with van der Waals surface area (Å²) in [6.45, 7) is 3.85. The van der Waals surface area contributed by atoms with Crippen LogP contribution < -0.4 is 5.32 Å². The number of ether oxygens (including phenoxy) is 1. The molecule has 2 heterocycles. The maximum atomic E-state index is 14.4. The van der Waals surface area contributed by atoms with Gasteiger partial charge in [0, 0.05) is 50.9 Å². The molecular weight excluding hydrogens is 511 g/mol. The van der Waals surface area contributed by atoms with Crippen LogP contribution in [0.25, 0.3) is 0 Å². The summed E-state index contributed by atoms with van der Waals surface area (Å²) in [7, 11) is 0. The lowest BCUT2D eigenvalue weighted by Gasteiger charge is -2.26. The molecular formula is C26H27F5N4O3. The summed E-state index contributed by atoms with van der Waals surface area (Å²) < 4.78 is 78.0. The third-order valence-corrected chi connectivity index (χ3v) is 6.03. The van der Waals surface area contributed by atoms with Crippen molar-refractivity contribution in [3.63, 3.8) is 0 Å². The molecule has 38 heavy (non-hydrogen) atoms. The van der Waals surface area contributed by atoms with E-state index in [4.69, 9.17) is 9.15 Å². The third kappa shape index (κ3) is 7.83. The van der Waals surface area contributed by atoms with Gasteiger partial charge in [0.15, 0.2) is 5.69 Å². The fraction of sp³-hybridized carbons (Fsp3) is 0.385. The smallest absolute Gasteiger partial charge is 0.416 e. The van der Waals surface area contributed by atoms with Crippen LogP contribution in [-0.2, 0) is 30.5 Å². The van der Waals surface area contributed by atoms with Gasteiger partial charge in [-0.3, -0.25) is 14.6 Å². The molecule has 0 radical (unpaired) electrons. The van der Waals surface area contributed by atoms with Crippen LogP contribution in [0.3, 0.4) is 0 Å². The van der Waals surface area contributed by atoms with Crippen molar-refractivity contribution >= 4 is 5.91 Å². The number of carbonyl (C=O) groups is 1. The van der Waals surface area contributed by atoms with Crippen LogP contribution in [0.4, 0.5) is 22.0 Å². The Labute approximate surface area is 216 Å². The Morgan fingerprint density at radius 2 is 1.84 bits per heavy atom. The average molecular weight is 539 g/mol. The highest BCUT2D eigenvalue weighted by Gasteiger charge is 2.30. The Morgan fingerprint density at radius 3 is 2.58 bits per heavy atom. The van der Waals surface area contributed by atoms with E-state index in [0.717, 1.165) is 37.4 Å². The summed E-state index contributed by atoms with van der Waals surface area (Å²) in [5.41, 5.74) is -0.287. The molecule has 1 saturated heterocycles. The molecule has 0 unspecified atom stereocenters. The molecule has 0 saturated carbocycles. The minimum absolute atomic E-state index is 0.00973. The maximum absolute atomic E-state index is 14.4. The zero-order valence-electron chi connectivity index (χ0n) is 20.4. The van der Waals surface area contributed by atoms with Gasteiger partial charge in [-0.25, -0.2) is 13.8 Å². The van der Waals surface area contributed by atoms with Gasteiger partial charge >= 0.3 is 6.18 Å². The van der Waals surface area contributed by atoms with Crippen LogP contribution in [0.1, 0.15) is 33.1 Å². The van der Waals surface area contributed by atoms with E-state index in [1.54, 1.807) is 4.90 Å². The fourth-order valence-corrected chi connectivity index (χ4v) is 4.08. The number of hydrogen-bond donors (Lipinski definition) is 1. The topological polar surface area (TPSA) is 70.8 Å². The SMILES string of the molecule is O=C(NCCN1CCOCC1)c1coc(CN(Cc2cccc(C(F)(F)F)c2)Cc2ccc(F)cc2F)n1. The van der Waals surface area contributed by atoms with Crippen LogP contribution >= 0.6 is 0 Å². The number of oxazole rings is 1. The molecule has 3 aromatic rings. The molecule has 2 aromatic carbocycles. The van der Waals surface area contributed by atoms with Crippen molar-refractivity contribution < 1.29 is 35.9 Å². The van der Waals surface area contributed by atoms with E-state index in [1.165, 1.54) is 24.5 Å². The fourth-order valence-electron chi connectivity index (χ4n) is 4.08. The number of aromatic nitrogens is 1. The first-order valence-corrected chi connectivity index (χ1v) is 12.0. The molecule has 0 bridgehead atoms. The molecule has 0 spiro atoms. The number of nitrogens with one attached hydrogen (secondary N) is 1. The first-order valence-electron chi connectivity index (χ1n) is 12.0. The molecule has 1 aromatic heterocycles. The molecule has 1 fully saturated rings. The largest absolute Gasteiger partial charge is 0.447 e. The lowest BCUT2D eigenvalue weighted by molar-refractivity contribution is -0.137. The number of halogens is 5. The average Bonchev–Trinajstić information content (AvgIpc) is 3.34. The van der Waals surface area contributed by atoms with Gasteiger partial charge in [-0.15, -0.1) is 0 Å². The molecule has 4 rings (SSSR count). The highest BCUT2D eigenvalue weighted by Crippen LogP contribution is 2.30. The van der Waals surface area contributed by atoms with Crippen molar-refractivity contribution in [3.8, 4) is 0 Å². The minimum atomic E-state index is -4.52. The Kier molecular flexibility index (Phi) is 9.08. The monoisotopic (exact) mass is 538 g/mol. The van der Waals surface area contributed by atoms with Crippen LogP contribution in [-0.4, -0.2) is 60.1 Å². The molecule has 1 aliphatic heterocycles. The van der Waals surface area contributed by atoms with E-state index in [2.05, 4.69) is 15.2 Å². The Morgan fingerprint density at radius 1 is 1.05 bits per heavy atom. The van der Waals surface area contributed by atoms with Gasteiger partial charge in [0.1, 0.15) is 17.9 Å². The van der Waals surface area contributed by atoms with E-state index in [1.807, 2.05) is 0 Å². The number of benzene rings is 2. The molecule has 1 N–H and O–H groups in total. The van der Waals surface area contributed by atoms with Crippen molar-refractivity contribution in [1.82, 2.24) is 20.1 Å². The number of amides is 1. The quantitative estimate of drug-likeness (QED) is 0.390. The van der Waals surface area contributed by atoms with Crippen molar-refractivity contribution in [2.24, 2.45) is 0 Å². The molecule has 12 heteroatoms. The van der Waals surface area contributed by atoms with E-state index in [-0.39, 0.29) is 36.8 Å². The molecule has 1 amide bonds. The number of alkyl halides is 3. The number of carbonyl (C=O) groups excluding carboxylic acids is 1. The number of hydrogen-bond acceptors (Lipinski definition) is 6. The Balaban J connectivity index is 1.44. The molecule has 204 valence electrons. The number of nitrogens with zero attached hydrogens (tertiary/aromatic N) is 3. The first-order chi connectivity index (χ1) is 18.2. The molecule has 7 nitrogen and oxygen atoms in total. The standard InChI is InChI=1S/C26H27F5N4O3/c27-21-5-4-19(22(28)13-21)15-35(14-18-2-1-3-20(12-18)26(29,30)31)16-24-33-23(17-38-24)25(36)32-6-7-34-8-10-37-11-9-34/h1-5,12-13,17H,6-11,14-16H2,(H,32,36). The Bertz CT molecular complexity index is 1230. The second-order valence-electron chi connectivity index (χ2n) is 8.92. The first kappa shape index (κ1) is 27.7. The third-order valence-electron chi connectivity index (χ3n) is 6.03. The van der Waals surface area contributed by atoms with Gasteiger partial charge in [-0.1, -0.05) is 24.3 Å². The lowest BCUT2D eigenvalue weighted by atomic mass is 10.1. The zero-order valence-corrected chi connectivity index (χ0v) is 20.4. The normalized spacial score (nSPS) is 14.7.